The number of hydrogen-bond acceptors (Lipinski definition) is 2. The predicted octanol–water partition coefficient (Wildman–Crippen LogP) is 3.56. The summed E-state index contributed by atoms with van der Waals surface area (Å²) in [6, 6.07) is 4.02. The van der Waals surface area contributed by atoms with E-state index in [1.165, 1.54) is 18.2 Å². The smallest absolute Gasteiger partial charge is 0.191 e. The lowest BCUT2D eigenvalue weighted by molar-refractivity contribution is 0.0283. The maximum atomic E-state index is 13.9. The van der Waals surface area contributed by atoms with Gasteiger partial charge in [-0.1, -0.05) is 6.07 Å². The van der Waals surface area contributed by atoms with Crippen LogP contribution in [0.4, 0.5) is 8.78 Å². The molecule has 2 fully saturated rings. The Labute approximate surface area is 164 Å². The van der Waals surface area contributed by atoms with Gasteiger partial charge in [-0.2, -0.15) is 0 Å². The molecule has 0 spiro atoms. The van der Waals surface area contributed by atoms with E-state index in [2.05, 4.69) is 22.5 Å². The number of nitrogens with zero attached hydrogens (tertiary/aromatic N) is 1. The topological polar surface area (TPSA) is 45.7 Å². The lowest BCUT2D eigenvalue weighted by Crippen LogP contribution is -2.40. The van der Waals surface area contributed by atoms with Crippen molar-refractivity contribution in [2.24, 2.45) is 4.99 Å². The summed E-state index contributed by atoms with van der Waals surface area (Å²) in [6.07, 6.45) is 2.77. The van der Waals surface area contributed by atoms with Crippen molar-refractivity contribution in [3.05, 3.63) is 35.4 Å². The molecule has 3 atom stereocenters. The Morgan fingerprint density at radius 1 is 1.36 bits per heavy atom. The molecule has 25 heavy (non-hydrogen) atoms. The molecule has 1 aromatic rings. The summed E-state index contributed by atoms with van der Waals surface area (Å²) in [7, 11) is 0. The van der Waals surface area contributed by atoms with Gasteiger partial charge in [0.25, 0.3) is 0 Å². The van der Waals surface area contributed by atoms with Crippen molar-refractivity contribution < 1.29 is 13.5 Å². The fourth-order valence-corrected chi connectivity index (χ4v) is 3.24. The molecule has 1 saturated carbocycles. The van der Waals surface area contributed by atoms with Gasteiger partial charge in [0, 0.05) is 30.7 Å². The molecular formula is C18H26F2IN3O. The second kappa shape index (κ2) is 8.62. The zero-order valence-corrected chi connectivity index (χ0v) is 17.0. The number of guanidine groups is 1. The molecule has 2 aliphatic rings. The van der Waals surface area contributed by atoms with Gasteiger partial charge in [0.05, 0.1) is 12.1 Å². The lowest BCUT2D eigenvalue weighted by atomic mass is 10.0. The average Bonchev–Trinajstić information content (AvgIpc) is 3.14. The second-order valence-corrected chi connectivity index (χ2v) is 6.83. The highest BCUT2D eigenvalue weighted by Crippen LogP contribution is 2.43. The Bertz CT molecular complexity index is 600. The van der Waals surface area contributed by atoms with E-state index in [0.29, 0.717) is 18.9 Å². The molecule has 1 heterocycles. The third-order valence-electron chi connectivity index (χ3n) is 4.70. The van der Waals surface area contributed by atoms with Crippen LogP contribution in [0.5, 0.6) is 0 Å². The minimum Gasteiger partial charge on any atom is -0.373 e. The Kier molecular flexibility index (Phi) is 7.01. The molecule has 4 nitrogen and oxygen atoms in total. The van der Waals surface area contributed by atoms with Crippen LogP contribution < -0.4 is 10.6 Å². The summed E-state index contributed by atoms with van der Waals surface area (Å²) in [5, 5.41) is 6.48. The van der Waals surface area contributed by atoms with E-state index in [4.69, 9.17) is 4.74 Å². The van der Waals surface area contributed by atoms with Crippen LogP contribution in [0.3, 0.4) is 0 Å². The summed E-state index contributed by atoms with van der Waals surface area (Å²) in [5.41, 5.74) is -0.0277. The van der Waals surface area contributed by atoms with Crippen LogP contribution in [0, 0.1) is 11.6 Å². The minimum atomic E-state index is -0.474. The molecule has 0 amide bonds. The van der Waals surface area contributed by atoms with Gasteiger partial charge in [-0.25, -0.2) is 8.78 Å². The van der Waals surface area contributed by atoms with Crippen LogP contribution >= 0.6 is 24.0 Å². The molecule has 1 saturated heterocycles. The Hall–Kier alpha value is -0.960. The highest BCUT2D eigenvalue weighted by molar-refractivity contribution is 14.0. The molecule has 0 bridgehead atoms. The van der Waals surface area contributed by atoms with Gasteiger partial charge >= 0.3 is 0 Å². The van der Waals surface area contributed by atoms with E-state index in [-0.39, 0.29) is 47.1 Å². The van der Waals surface area contributed by atoms with Crippen LogP contribution in [-0.2, 0) is 4.74 Å². The standard InChI is InChI=1S/C18H25F2N3O.HI/c1-3-21-17(22-11-18(2)8-5-9-24-18)23-15-10-12(15)16-13(19)6-4-7-14(16)20;/h4,6-7,12,15H,3,5,8-11H2,1-2H3,(H2,21,22,23);1H. The van der Waals surface area contributed by atoms with E-state index in [9.17, 15) is 8.78 Å². The quantitative estimate of drug-likeness (QED) is 0.397. The third-order valence-corrected chi connectivity index (χ3v) is 4.70. The minimum absolute atomic E-state index is 0. The first-order chi connectivity index (χ1) is 11.5. The molecule has 3 unspecified atom stereocenters. The van der Waals surface area contributed by atoms with Crippen molar-refractivity contribution in [3.8, 4) is 0 Å². The van der Waals surface area contributed by atoms with Gasteiger partial charge in [0.1, 0.15) is 11.6 Å². The van der Waals surface area contributed by atoms with Crippen LogP contribution in [0.2, 0.25) is 0 Å². The van der Waals surface area contributed by atoms with Gasteiger partial charge in [-0.3, -0.25) is 4.99 Å². The normalized spacial score (nSPS) is 28.4. The molecule has 1 aliphatic heterocycles. The number of aliphatic imine (C=N–C) groups is 1. The van der Waals surface area contributed by atoms with Crippen molar-refractivity contribution in [2.75, 3.05) is 19.7 Å². The van der Waals surface area contributed by atoms with Crippen molar-refractivity contribution in [1.82, 2.24) is 10.6 Å². The summed E-state index contributed by atoms with van der Waals surface area (Å²) in [5.74, 6) is -0.414. The number of halogens is 3. The second-order valence-electron chi connectivity index (χ2n) is 6.83. The zero-order chi connectivity index (χ0) is 17.2. The largest absolute Gasteiger partial charge is 0.373 e. The molecule has 0 radical (unpaired) electrons. The van der Waals surface area contributed by atoms with E-state index in [1.54, 1.807) is 0 Å². The number of rotatable bonds is 5. The van der Waals surface area contributed by atoms with Crippen LogP contribution in [0.25, 0.3) is 0 Å². The summed E-state index contributed by atoms with van der Waals surface area (Å²) in [4.78, 5) is 4.60. The summed E-state index contributed by atoms with van der Waals surface area (Å²) in [6.45, 7) is 6.16. The maximum Gasteiger partial charge on any atom is 0.191 e. The molecule has 0 aromatic heterocycles. The number of hydrogen-bond donors (Lipinski definition) is 2. The van der Waals surface area contributed by atoms with Gasteiger partial charge < -0.3 is 15.4 Å². The van der Waals surface area contributed by atoms with Crippen molar-refractivity contribution >= 4 is 29.9 Å². The van der Waals surface area contributed by atoms with Crippen LogP contribution in [0.15, 0.2) is 23.2 Å². The van der Waals surface area contributed by atoms with Crippen molar-refractivity contribution in [3.63, 3.8) is 0 Å². The molecule has 2 N–H and O–H groups in total. The van der Waals surface area contributed by atoms with Crippen LogP contribution in [0.1, 0.15) is 44.6 Å². The van der Waals surface area contributed by atoms with Gasteiger partial charge in [0.15, 0.2) is 5.96 Å². The molecular weight excluding hydrogens is 439 g/mol. The third kappa shape index (κ3) is 5.03. The fraction of sp³-hybridized carbons (Fsp3) is 0.611. The predicted molar refractivity (Wildman–Crippen MR) is 106 cm³/mol. The number of benzene rings is 1. The molecule has 1 aromatic carbocycles. The first kappa shape index (κ1) is 20.4. The molecule has 3 rings (SSSR count). The lowest BCUT2D eigenvalue weighted by Gasteiger charge is -2.21. The first-order valence-electron chi connectivity index (χ1n) is 8.65. The van der Waals surface area contributed by atoms with E-state index in [0.717, 1.165) is 26.0 Å². The molecule has 140 valence electrons. The van der Waals surface area contributed by atoms with E-state index >= 15 is 0 Å². The number of nitrogens with one attached hydrogen (secondary N) is 2. The summed E-state index contributed by atoms with van der Waals surface area (Å²) >= 11 is 0. The number of ether oxygens (including phenoxy) is 1. The zero-order valence-electron chi connectivity index (χ0n) is 14.6. The van der Waals surface area contributed by atoms with Crippen molar-refractivity contribution in [1.29, 1.82) is 0 Å². The Balaban J connectivity index is 0.00000225. The van der Waals surface area contributed by atoms with Crippen LogP contribution in [-0.4, -0.2) is 37.3 Å². The Morgan fingerprint density at radius 2 is 2.08 bits per heavy atom. The fourth-order valence-electron chi connectivity index (χ4n) is 3.24. The highest BCUT2D eigenvalue weighted by Gasteiger charge is 2.42. The van der Waals surface area contributed by atoms with Gasteiger partial charge in [-0.05, 0) is 45.2 Å². The average molecular weight is 465 g/mol. The van der Waals surface area contributed by atoms with Gasteiger partial charge in [0.2, 0.25) is 0 Å². The molecule has 1 aliphatic carbocycles. The Morgan fingerprint density at radius 3 is 2.68 bits per heavy atom. The SMILES string of the molecule is CCNC(=NCC1(C)CCCO1)NC1CC1c1c(F)cccc1F.I. The monoisotopic (exact) mass is 465 g/mol. The van der Waals surface area contributed by atoms with Gasteiger partial charge in [-0.15, -0.1) is 24.0 Å². The van der Waals surface area contributed by atoms with Crippen molar-refractivity contribution in [2.45, 2.75) is 50.7 Å². The molecule has 7 heteroatoms. The van der Waals surface area contributed by atoms with E-state index < -0.39 is 11.6 Å². The highest BCUT2D eigenvalue weighted by atomic mass is 127. The first-order valence-corrected chi connectivity index (χ1v) is 8.65. The van der Waals surface area contributed by atoms with E-state index in [1.807, 2.05) is 6.92 Å². The summed E-state index contributed by atoms with van der Waals surface area (Å²) < 4.78 is 33.5. The maximum absolute atomic E-state index is 13.9.